The summed E-state index contributed by atoms with van der Waals surface area (Å²) in [4.78, 5) is 2.79. The Bertz CT molecular complexity index is 613. The molecule has 2 aliphatic rings. The van der Waals surface area contributed by atoms with E-state index in [9.17, 15) is 8.42 Å². The quantitative estimate of drug-likeness (QED) is 0.904. The first-order chi connectivity index (χ1) is 9.08. The molecule has 7 heteroatoms. The van der Waals surface area contributed by atoms with Gasteiger partial charge in [0.05, 0.1) is 0 Å². The Morgan fingerprint density at radius 2 is 2.16 bits per heavy atom. The second-order valence-electron chi connectivity index (χ2n) is 5.06. The Morgan fingerprint density at radius 1 is 1.37 bits per heavy atom. The van der Waals surface area contributed by atoms with Gasteiger partial charge in [0.25, 0.3) is 0 Å². The molecule has 2 fully saturated rings. The normalized spacial score (nSPS) is 24.5. The molecule has 1 saturated carbocycles. The fraction of sp³-hybridized carbons (Fsp3) is 0.583. The third-order valence-electron chi connectivity index (χ3n) is 3.56. The maximum atomic E-state index is 12.2. The average molecular weight is 297 g/mol. The molecule has 1 aliphatic heterocycles. The van der Waals surface area contributed by atoms with Crippen molar-refractivity contribution in [2.75, 3.05) is 13.1 Å². The minimum absolute atomic E-state index is 0.00163. The number of nitriles is 1. The first kappa shape index (κ1) is 13.1. The summed E-state index contributed by atoms with van der Waals surface area (Å²) in [5, 5.41) is 8.74. The smallest absolute Gasteiger partial charge is 0.250 e. The van der Waals surface area contributed by atoms with Gasteiger partial charge in [0.15, 0.2) is 0 Å². The van der Waals surface area contributed by atoms with Crippen molar-refractivity contribution in [2.45, 2.75) is 35.6 Å². The highest BCUT2D eigenvalue weighted by Gasteiger charge is 2.36. The van der Waals surface area contributed by atoms with Gasteiger partial charge in [0.1, 0.15) is 15.2 Å². The van der Waals surface area contributed by atoms with Crippen LogP contribution in [0.5, 0.6) is 0 Å². The van der Waals surface area contributed by atoms with E-state index in [1.807, 2.05) is 6.07 Å². The van der Waals surface area contributed by atoms with Crippen LogP contribution in [0, 0.1) is 11.3 Å². The summed E-state index contributed by atoms with van der Waals surface area (Å²) in [5.41, 5.74) is 0. The van der Waals surface area contributed by atoms with E-state index in [-0.39, 0.29) is 10.3 Å². The van der Waals surface area contributed by atoms with E-state index >= 15 is 0 Å². The van der Waals surface area contributed by atoms with Gasteiger partial charge in [-0.05, 0) is 31.4 Å². The van der Waals surface area contributed by atoms with Crippen LogP contribution < -0.4 is 4.72 Å². The molecule has 2 heterocycles. The zero-order valence-electron chi connectivity index (χ0n) is 10.4. The van der Waals surface area contributed by atoms with Gasteiger partial charge in [0.2, 0.25) is 10.0 Å². The van der Waals surface area contributed by atoms with Crippen LogP contribution in [-0.2, 0) is 10.0 Å². The molecule has 19 heavy (non-hydrogen) atoms. The minimum Gasteiger partial charge on any atom is -0.299 e. The van der Waals surface area contributed by atoms with E-state index in [1.54, 1.807) is 6.07 Å². The van der Waals surface area contributed by atoms with E-state index in [1.165, 1.54) is 18.9 Å². The largest absolute Gasteiger partial charge is 0.299 e. The molecule has 0 spiro atoms. The maximum absolute atomic E-state index is 12.2. The number of likely N-dealkylation sites (tertiary alicyclic amines) is 1. The van der Waals surface area contributed by atoms with Gasteiger partial charge in [-0.2, -0.15) is 5.26 Å². The molecule has 0 amide bonds. The number of nitrogens with one attached hydrogen (secondary N) is 1. The van der Waals surface area contributed by atoms with Crippen LogP contribution in [0.3, 0.4) is 0 Å². The molecule has 5 nitrogen and oxygen atoms in total. The van der Waals surface area contributed by atoms with Gasteiger partial charge in [-0.15, -0.1) is 11.3 Å². The SMILES string of the molecule is N#Cc1ccc(S(=O)(=O)NC2CCN(C3CC3)C2)s1. The molecule has 0 bridgehead atoms. The Labute approximate surface area is 116 Å². The summed E-state index contributed by atoms with van der Waals surface area (Å²) in [6, 6.07) is 5.69. The summed E-state index contributed by atoms with van der Waals surface area (Å²) in [5.74, 6) is 0. The van der Waals surface area contributed by atoms with Crippen molar-refractivity contribution >= 4 is 21.4 Å². The van der Waals surface area contributed by atoms with Crippen molar-refractivity contribution in [1.82, 2.24) is 9.62 Å². The van der Waals surface area contributed by atoms with Crippen molar-refractivity contribution in [2.24, 2.45) is 0 Å². The fourth-order valence-corrected chi connectivity index (χ4v) is 4.84. The number of hydrogen-bond acceptors (Lipinski definition) is 5. The summed E-state index contributed by atoms with van der Waals surface area (Å²) < 4.78 is 27.3. The monoisotopic (exact) mass is 297 g/mol. The highest BCUT2D eigenvalue weighted by Crippen LogP contribution is 2.30. The average Bonchev–Trinajstić information content (AvgIpc) is 2.92. The fourth-order valence-electron chi connectivity index (χ4n) is 2.46. The van der Waals surface area contributed by atoms with Crippen molar-refractivity contribution in [3.8, 4) is 6.07 Å². The molecule has 1 atom stereocenters. The molecule has 3 rings (SSSR count). The van der Waals surface area contributed by atoms with Crippen LogP contribution >= 0.6 is 11.3 Å². The third kappa shape index (κ3) is 2.82. The second kappa shape index (κ2) is 4.87. The van der Waals surface area contributed by atoms with Crippen LogP contribution in [0.1, 0.15) is 24.1 Å². The van der Waals surface area contributed by atoms with E-state index in [2.05, 4.69) is 9.62 Å². The Balaban J connectivity index is 1.66. The van der Waals surface area contributed by atoms with Crippen LogP contribution in [0.25, 0.3) is 0 Å². The number of rotatable bonds is 4. The highest BCUT2D eigenvalue weighted by molar-refractivity contribution is 7.91. The zero-order valence-corrected chi connectivity index (χ0v) is 12.0. The molecule has 1 aromatic rings. The third-order valence-corrected chi connectivity index (χ3v) is 6.56. The number of thiophene rings is 1. The lowest BCUT2D eigenvalue weighted by atomic mass is 10.3. The maximum Gasteiger partial charge on any atom is 0.250 e. The first-order valence-corrected chi connectivity index (χ1v) is 8.65. The lowest BCUT2D eigenvalue weighted by Gasteiger charge is -2.15. The minimum atomic E-state index is -3.47. The van der Waals surface area contributed by atoms with Crippen LogP contribution in [-0.4, -0.2) is 38.5 Å². The second-order valence-corrected chi connectivity index (χ2v) is 8.09. The first-order valence-electron chi connectivity index (χ1n) is 6.35. The molecular formula is C12H15N3O2S2. The van der Waals surface area contributed by atoms with Gasteiger partial charge in [-0.25, -0.2) is 13.1 Å². The summed E-state index contributed by atoms with van der Waals surface area (Å²) >= 11 is 1.02. The number of hydrogen-bond donors (Lipinski definition) is 1. The predicted molar refractivity (Wildman–Crippen MR) is 72.4 cm³/mol. The molecule has 1 saturated heterocycles. The summed E-state index contributed by atoms with van der Waals surface area (Å²) in [6.45, 7) is 1.78. The topological polar surface area (TPSA) is 73.2 Å². The predicted octanol–water partition coefficient (Wildman–Crippen LogP) is 1.13. The summed E-state index contributed by atoms with van der Waals surface area (Å²) in [7, 11) is -3.47. The van der Waals surface area contributed by atoms with E-state index < -0.39 is 10.0 Å². The molecule has 1 unspecified atom stereocenters. The molecule has 0 aromatic carbocycles. The van der Waals surface area contributed by atoms with E-state index in [0.717, 1.165) is 30.8 Å². The van der Waals surface area contributed by atoms with Gasteiger partial charge in [0, 0.05) is 25.2 Å². The molecule has 1 N–H and O–H groups in total. The lowest BCUT2D eigenvalue weighted by Crippen LogP contribution is -2.37. The van der Waals surface area contributed by atoms with Crippen molar-refractivity contribution in [3.05, 3.63) is 17.0 Å². The van der Waals surface area contributed by atoms with Crippen LogP contribution in [0.15, 0.2) is 16.3 Å². The standard InChI is InChI=1S/C12H15N3O2S2/c13-7-11-3-4-12(18-11)19(16,17)14-9-5-6-15(8-9)10-1-2-10/h3-4,9-10,14H,1-2,5-6,8H2. The number of nitrogens with zero attached hydrogens (tertiary/aromatic N) is 2. The molecule has 102 valence electrons. The molecule has 1 aliphatic carbocycles. The Hall–Kier alpha value is -0.940. The number of sulfonamides is 1. The van der Waals surface area contributed by atoms with Gasteiger partial charge in [-0.3, -0.25) is 4.90 Å². The van der Waals surface area contributed by atoms with Crippen molar-refractivity contribution < 1.29 is 8.42 Å². The van der Waals surface area contributed by atoms with Gasteiger partial charge < -0.3 is 0 Å². The lowest BCUT2D eigenvalue weighted by molar-refractivity contribution is 0.322. The molecule has 0 radical (unpaired) electrons. The van der Waals surface area contributed by atoms with Gasteiger partial charge >= 0.3 is 0 Å². The van der Waals surface area contributed by atoms with E-state index in [0.29, 0.717) is 10.9 Å². The van der Waals surface area contributed by atoms with Crippen LogP contribution in [0.2, 0.25) is 0 Å². The Morgan fingerprint density at radius 3 is 2.79 bits per heavy atom. The molecule has 1 aromatic heterocycles. The Kier molecular flexibility index (Phi) is 3.35. The summed E-state index contributed by atoms with van der Waals surface area (Å²) in [6.07, 6.45) is 3.36. The van der Waals surface area contributed by atoms with Crippen LogP contribution in [0.4, 0.5) is 0 Å². The van der Waals surface area contributed by atoms with E-state index in [4.69, 9.17) is 5.26 Å². The zero-order chi connectivity index (χ0) is 13.5. The van der Waals surface area contributed by atoms with Gasteiger partial charge in [-0.1, -0.05) is 0 Å². The van der Waals surface area contributed by atoms with Crippen molar-refractivity contribution in [3.63, 3.8) is 0 Å². The highest BCUT2D eigenvalue weighted by atomic mass is 32.2. The van der Waals surface area contributed by atoms with Crippen molar-refractivity contribution in [1.29, 1.82) is 5.26 Å². The molecular weight excluding hydrogens is 282 g/mol.